The topological polar surface area (TPSA) is 36.7 Å². The van der Waals surface area contributed by atoms with Crippen molar-refractivity contribution in [1.29, 1.82) is 5.26 Å². The average molecular weight is 162 g/mol. The molecular weight excluding hydrogens is 148 g/mol. The van der Waals surface area contributed by atoms with Crippen molar-refractivity contribution in [3.8, 4) is 6.07 Å². The normalized spacial score (nSPS) is 7.83. The highest BCUT2D eigenvalue weighted by Gasteiger charge is 1.91. The monoisotopic (exact) mass is 162 g/mol. The summed E-state index contributed by atoms with van der Waals surface area (Å²) in [5.41, 5.74) is 1.66. The number of aromatic nitrogens is 1. The van der Waals surface area contributed by atoms with E-state index in [9.17, 15) is 0 Å². The highest BCUT2D eigenvalue weighted by Crippen LogP contribution is 1.99. The zero-order chi connectivity index (χ0) is 9.40. The Morgan fingerprint density at radius 3 is 2.67 bits per heavy atom. The minimum atomic E-state index is 0.687. The lowest BCUT2D eigenvalue weighted by Gasteiger charge is -1.92. The van der Waals surface area contributed by atoms with Gasteiger partial charge in [0.1, 0.15) is 0 Å². The molecule has 0 radical (unpaired) electrons. The first-order valence-electron chi connectivity index (χ1n) is 4.22. The largest absolute Gasteiger partial charge is 0.261 e. The van der Waals surface area contributed by atoms with Crippen LogP contribution in [0.15, 0.2) is 18.3 Å². The first kappa shape index (κ1) is 10.6. The van der Waals surface area contributed by atoms with Gasteiger partial charge in [0.15, 0.2) is 0 Å². The fourth-order valence-electron chi connectivity index (χ4n) is 0.741. The molecule has 0 N–H and O–H groups in total. The quantitative estimate of drug-likeness (QED) is 0.636. The number of pyridine rings is 1. The molecule has 0 aliphatic carbocycles. The molecule has 0 fully saturated rings. The smallest absolute Gasteiger partial charge is 0.0992 e. The van der Waals surface area contributed by atoms with Crippen LogP contribution in [-0.4, -0.2) is 4.98 Å². The van der Waals surface area contributed by atoms with E-state index in [0.29, 0.717) is 5.56 Å². The fraction of sp³-hybridized carbons (Fsp3) is 0.400. The van der Waals surface area contributed by atoms with E-state index in [1.165, 1.54) is 0 Å². The van der Waals surface area contributed by atoms with Crippen LogP contribution in [0.1, 0.15) is 32.0 Å². The molecule has 0 saturated carbocycles. The van der Waals surface area contributed by atoms with E-state index < -0.39 is 0 Å². The van der Waals surface area contributed by atoms with Crippen molar-refractivity contribution in [2.45, 2.75) is 27.2 Å². The SMILES string of the molecule is CC.CCc1cc(C#N)ccn1. The first-order chi connectivity index (χ1) is 5.86. The van der Waals surface area contributed by atoms with Crippen molar-refractivity contribution in [3.05, 3.63) is 29.6 Å². The van der Waals surface area contributed by atoms with Crippen molar-refractivity contribution in [1.82, 2.24) is 4.98 Å². The van der Waals surface area contributed by atoms with Gasteiger partial charge in [0, 0.05) is 11.9 Å². The summed E-state index contributed by atoms with van der Waals surface area (Å²) in [5.74, 6) is 0. The van der Waals surface area contributed by atoms with Crippen LogP contribution in [0.4, 0.5) is 0 Å². The minimum absolute atomic E-state index is 0.687. The van der Waals surface area contributed by atoms with Crippen molar-refractivity contribution in [2.24, 2.45) is 0 Å². The molecule has 0 saturated heterocycles. The van der Waals surface area contributed by atoms with Gasteiger partial charge in [0.25, 0.3) is 0 Å². The van der Waals surface area contributed by atoms with Gasteiger partial charge in [-0.25, -0.2) is 0 Å². The molecular formula is C10H14N2. The highest BCUT2D eigenvalue weighted by atomic mass is 14.7. The summed E-state index contributed by atoms with van der Waals surface area (Å²) in [6, 6.07) is 5.57. The molecule has 0 bridgehead atoms. The highest BCUT2D eigenvalue weighted by molar-refractivity contribution is 5.28. The Hall–Kier alpha value is -1.36. The molecule has 1 rings (SSSR count). The van der Waals surface area contributed by atoms with Crippen LogP contribution in [0.3, 0.4) is 0 Å². The van der Waals surface area contributed by atoms with E-state index in [1.54, 1.807) is 18.3 Å². The van der Waals surface area contributed by atoms with Crippen molar-refractivity contribution in [2.75, 3.05) is 0 Å². The van der Waals surface area contributed by atoms with Crippen LogP contribution in [0.2, 0.25) is 0 Å². The molecule has 64 valence electrons. The van der Waals surface area contributed by atoms with Gasteiger partial charge < -0.3 is 0 Å². The Balaban J connectivity index is 0.000000561. The van der Waals surface area contributed by atoms with Gasteiger partial charge in [-0.2, -0.15) is 5.26 Å². The van der Waals surface area contributed by atoms with Crippen LogP contribution < -0.4 is 0 Å². The Bertz CT molecular complexity index is 261. The Kier molecular flexibility index (Phi) is 5.64. The van der Waals surface area contributed by atoms with Gasteiger partial charge in [-0.15, -0.1) is 0 Å². The van der Waals surface area contributed by atoms with Gasteiger partial charge in [-0.3, -0.25) is 4.98 Å². The van der Waals surface area contributed by atoms with Gasteiger partial charge in [0.2, 0.25) is 0 Å². The third kappa shape index (κ3) is 3.16. The predicted octanol–water partition coefficient (Wildman–Crippen LogP) is 2.54. The van der Waals surface area contributed by atoms with Crippen molar-refractivity contribution >= 4 is 0 Å². The van der Waals surface area contributed by atoms with Gasteiger partial charge in [0.05, 0.1) is 11.6 Å². The second-order valence-electron chi connectivity index (χ2n) is 2.00. The molecule has 2 heteroatoms. The van der Waals surface area contributed by atoms with Crippen LogP contribution in [0.5, 0.6) is 0 Å². The Morgan fingerprint density at radius 1 is 1.50 bits per heavy atom. The van der Waals surface area contributed by atoms with Gasteiger partial charge >= 0.3 is 0 Å². The summed E-state index contributed by atoms with van der Waals surface area (Å²) in [7, 11) is 0. The lowest BCUT2D eigenvalue weighted by atomic mass is 10.2. The fourth-order valence-corrected chi connectivity index (χ4v) is 0.741. The summed E-state index contributed by atoms with van der Waals surface area (Å²) >= 11 is 0. The van der Waals surface area contributed by atoms with E-state index in [1.807, 2.05) is 20.8 Å². The lowest BCUT2D eigenvalue weighted by molar-refractivity contribution is 1.03. The molecule has 0 spiro atoms. The summed E-state index contributed by atoms with van der Waals surface area (Å²) < 4.78 is 0. The minimum Gasteiger partial charge on any atom is -0.261 e. The summed E-state index contributed by atoms with van der Waals surface area (Å²) in [6.07, 6.45) is 2.55. The zero-order valence-electron chi connectivity index (χ0n) is 7.83. The van der Waals surface area contributed by atoms with E-state index in [0.717, 1.165) is 12.1 Å². The van der Waals surface area contributed by atoms with Crippen LogP contribution in [0, 0.1) is 11.3 Å². The number of nitrogens with zero attached hydrogens (tertiary/aromatic N) is 2. The number of rotatable bonds is 1. The molecule has 12 heavy (non-hydrogen) atoms. The molecule has 0 atom stereocenters. The van der Waals surface area contributed by atoms with Crippen LogP contribution in [0.25, 0.3) is 0 Å². The third-order valence-electron chi connectivity index (χ3n) is 1.31. The molecule has 2 nitrogen and oxygen atoms in total. The van der Waals surface area contributed by atoms with Crippen LogP contribution >= 0.6 is 0 Å². The maximum atomic E-state index is 8.48. The van der Waals surface area contributed by atoms with E-state index in [2.05, 4.69) is 11.1 Å². The molecule has 1 heterocycles. The average Bonchev–Trinajstić information content (AvgIpc) is 2.21. The van der Waals surface area contributed by atoms with Crippen molar-refractivity contribution < 1.29 is 0 Å². The molecule has 0 amide bonds. The summed E-state index contributed by atoms with van der Waals surface area (Å²) in [6.45, 7) is 6.02. The number of hydrogen-bond acceptors (Lipinski definition) is 2. The number of aryl methyl sites for hydroxylation is 1. The molecule has 0 aromatic carbocycles. The lowest BCUT2D eigenvalue weighted by Crippen LogP contribution is -1.85. The maximum Gasteiger partial charge on any atom is 0.0992 e. The van der Waals surface area contributed by atoms with Gasteiger partial charge in [-0.1, -0.05) is 20.8 Å². The van der Waals surface area contributed by atoms with E-state index in [-0.39, 0.29) is 0 Å². The molecule has 0 aliphatic rings. The Morgan fingerprint density at radius 2 is 2.17 bits per heavy atom. The summed E-state index contributed by atoms with van der Waals surface area (Å²) in [5, 5.41) is 8.48. The van der Waals surface area contributed by atoms with Gasteiger partial charge in [-0.05, 0) is 18.6 Å². The molecule has 1 aromatic heterocycles. The second kappa shape index (κ2) is 6.36. The third-order valence-corrected chi connectivity index (χ3v) is 1.31. The number of hydrogen-bond donors (Lipinski definition) is 0. The van der Waals surface area contributed by atoms with Crippen molar-refractivity contribution in [3.63, 3.8) is 0 Å². The number of nitriles is 1. The standard InChI is InChI=1S/C8H8N2.C2H6/c1-2-8-5-7(6-9)3-4-10-8;1-2/h3-5H,2H2,1H3;1-2H3. The first-order valence-corrected chi connectivity index (χ1v) is 4.22. The molecule has 1 aromatic rings. The summed E-state index contributed by atoms with van der Waals surface area (Å²) in [4.78, 5) is 4.05. The second-order valence-corrected chi connectivity index (χ2v) is 2.00. The van der Waals surface area contributed by atoms with Crippen LogP contribution in [-0.2, 0) is 6.42 Å². The predicted molar refractivity (Wildman–Crippen MR) is 49.7 cm³/mol. The Labute approximate surface area is 73.9 Å². The van der Waals surface area contributed by atoms with E-state index in [4.69, 9.17) is 5.26 Å². The molecule has 0 aliphatic heterocycles. The molecule has 0 unspecified atom stereocenters. The maximum absolute atomic E-state index is 8.48. The zero-order valence-corrected chi connectivity index (χ0v) is 7.83. The van der Waals surface area contributed by atoms with E-state index >= 15 is 0 Å².